The quantitative estimate of drug-likeness (QED) is 0.729. The van der Waals surface area contributed by atoms with Gasteiger partial charge in [-0.3, -0.25) is 9.48 Å². The summed E-state index contributed by atoms with van der Waals surface area (Å²) in [6, 6.07) is 11.8. The van der Waals surface area contributed by atoms with E-state index in [0.29, 0.717) is 18.0 Å². The Morgan fingerprint density at radius 3 is 2.64 bits per heavy atom. The second-order valence-electron chi connectivity index (χ2n) is 6.66. The zero-order valence-electron chi connectivity index (χ0n) is 14.9. The minimum absolute atomic E-state index is 0.0131. The molecule has 1 aliphatic carbocycles. The number of hydrogen-bond donors (Lipinski definition) is 0. The van der Waals surface area contributed by atoms with Crippen molar-refractivity contribution in [3.63, 3.8) is 0 Å². The molecule has 1 fully saturated rings. The van der Waals surface area contributed by atoms with Gasteiger partial charge in [0.15, 0.2) is 5.65 Å². The molecule has 0 radical (unpaired) electrons. The zero-order chi connectivity index (χ0) is 17.6. The van der Waals surface area contributed by atoms with Crippen molar-refractivity contribution in [1.82, 2.24) is 14.8 Å². The highest BCUT2D eigenvalue weighted by Crippen LogP contribution is 2.40. The van der Waals surface area contributed by atoms with Crippen LogP contribution in [0.4, 0.5) is 5.69 Å². The highest BCUT2D eigenvalue weighted by molar-refractivity contribution is 6.13. The maximum absolute atomic E-state index is 13.4. The molecule has 2 aromatic heterocycles. The highest BCUT2D eigenvalue weighted by Gasteiger charge is 2.29. The average Bonchev–Trinajstić information content (AvgIpc) is 3.43. The predicted octanol–water partition coefficient (Wildman–Crippen LogP) is 3.82. The van der Waals surface area contributed by atoms with Crippen LogP contribution >= 0.6 is 0 Å². The number of benzene rings is 1. The van der Waals surface area contributed by atoms with Crippen LogP contribution in [0.25, 0.3) is 11.0 Å². The summed E-state index contributed by atoms with van der Waals surface area (Å²) < 4.78 is 1.78. The van der Waals surface area contributed by atoms with Crippen molar-refractivity contribution in [1.29, 1.82) is 0 Å². The molecule has 0 bridgehead atoms. The number of pyridine rings is 1. The van der Waals surface area contributed by atoms with Crippen LogP contribution in [0.15, 0.2) is 36.4 Å². The van der Waals surface area contributed by atoms with E-state index in [1.54, 1.807) is 4.68 Å². The van der Waals surface area contributed by atoms with E-state index >= 15 is 0 Å². The Balaban J connectivity index is 1.88. The molecule has 0 N–H and O–H groups in total. The Bertz CT molecular complexity index is 941. The number of aromatic nitrogens is 3. The molecule has 5 nitrogen and oxygen atoms in total. The molecule has 0 aliphatic heterocycles. The summed E-state index contributed by atoms with van der Waals surface area (Å²) >= 11 is 0. The largest absolute Gasteiger partial charge is 0.309 e. The number of aryl methyl sites for hydroxylation is 2. The lowest BCUT2D eigenvalue weighted by Crippen LogP contribution is -2.31. The normalized spacial score (nSPS) is 14.0. The fourth-order valence-corrected chi connectivity index (χ4v) is 3.42. The van der Waals surface area contributed by atoms with Crippen LogP contribution in [0.5, 0.6) is 0 Å². The van der Waals surface area contributed by atoms with Crippen LogP contribution in [-0.2, 0) is 7.05 Å². The van der Waals surface area contributed by atoms with Crippen LogP contribution < -0.4 is 4.90 Å². The molecule has 0 unspecified atom stereocenters. The third kappa shape index (κ3) is 2.69. The molecule has 5 heteroatoms. The summed E-state index contributed by atoms with van der Waals surface area (Å²) in [5.74, 6) is 0.497. The van der Waals surface area contributed by atoms with Crippen molar-refractivity contribution in [2.45, 2.75) is 32.6 Å². The standard InChI is InChI=1S/C20H22N4O/c1-4-24(15-8-6-5-7-9-15)20(25)16-12-17(14-10-11-14)21-19-18(16)13(2)22-23(19)3/h5-9,12,14H,4,10-11H2,1-3H3. The molecule has 1 amide bonds. The molecule has 128 valence electrons. The van der Waals surface area contributed by atoms with Crippen molar-refractivity contribution < 1.29 is 4.79 Å². The minimum atomic E-state index is 0.0131. The average molecular weight is 334 g/mol. The highest BCUT2D eigenvalue weighted by atomic mass is 16.2. The first-order chi connectivity index (χ1) is 12.1. The lowest BCUT2D eigenvalue weighted by molar-refractivity contribution is 0.0989. The second-order valence-corrected chi connectivity index (χ2v) is 6.66. The van der Waals surface area contributed by atoms with E-state index in [4.69, 9.17) is 4.98 Å². The van der Waals surface area contributed by atoms with Gasteiger partial charge in [-0.15, -0.1) is 0 Å². The van der Waals surface area contributed by atoms with Gasteiger partial charge in [0.1, 0.15) is 0 Å². The van der Waals surface area contributed by atoms with Crippen LogP contribution in [-0.4, -0.2) is 27.2 Å². The number of anilines is 1. The van der Waals surface area contributed by atoms with Gasteiger partial charge in [0.2, 0.25) is 0 Å². The van der Waals surface area contributed by atoms with Gasteiger partial charge in [-0.25, -0.2) is 4.98 Å². The Labute approximate surface area is 147 Å². The number of carbonyl (C=O) groups excluding carboxylic acids is 1. The third-order valence-electron chi connectivity index (χ3n) is 4.84. The summed E-state index contributed by atoms with van der Waals surface area (Å²) in [6.07, 6.45) is 2.30. The van der Waals surface area contributed by atoms with Gasteiger partial charge in [0.25, 0.3) is 5.91 Å². The topological polar surface area (TPSA) is 51.0 Å². The number of rotatable bonds is 4. The third-order valence-corrected chi connectivity index (χ3v) is 4.84. The molecular weight excluding hydrogens is 312 g/mol. The van der Waals surface area contributed by atoms with Gasteiger partial charge in [-0.1, -0.05) is 18.2 Å². The lowest BCUT2D eigenvalue weighted by atomic mass is 10.1. The number of nitrogens with zero attached hydrogens (tertiary/aromatic N) is 4. The Kier molecular flexibility index (Phi) is 3.79. The van der Waals surface area contributed by atoms with E-state index in [2.05, 4.69) is 5.10 Å². The molecule has 2 heterocycles. The first kappa shape index (κ1) is 15.8. The number of para-hydroxylation sites is 1. The Morgan fingerprint density at radius 2 is 2.00 bits per heavy atom. The second kappa shape index (κ2) is 5.99. The number of fused-ring (bicyclic) bond motifs is 1. The van der Waals surface area contributed by atoms with Crippen molar-refractivity contribution in [2.24, 2.45) is 7.05 Å². The van der Waals surface area contributed by atoms with Gasteiger partial charge < -0.3 is 4.90 Å². The maximum atomic E-state index is 13.4. The first-order valence-electron chi connectivity index (χ1n) is 8.81. The van der Waals surface area contributed by atoms with E-state index < -0.39 is 0 Å². The zero-order valence-corrected chi connectivity index (χ0v) is 14.9. The molecule has 4 rings (SSSR count). The predicted molar refractivity (Wildman–Crippen MR) is 99.0 cm³/mol. The summed E-state index contributed by atoms with van der Waals surface area (Å²) in [6.45, 7) is 4.56. The van der Waals surface area contributed by atoms with Crippen molar-refractivity contribution in [3.05, 3.63) is 53.3 Å². The SMILES string of the molecule is CCN(C(=O)c1cc(C2CC2)nc2c1c(C)nn2C)c1ccccc1. The first-order valence-corrected chi connectivity index (χ1v) is 8.81. The van der Waals surface area contributed by atoms with Crippen LogP contribution in [0.1, 0.15) is 47.4 Å². The van der Waals surface area contributed by atoms with Gasteiger partial charge in [0, 0.05) is 30.9 Å². The summed E-state index contributed by atoms with van der Waals surface area (Å²) in [4.78, 5) is 20.0. The fourth-order valence-electron chi connectivity index (χ4n) is 3.42. The maximum Gasteiger partial charge on any atom is 0.259 e. The van der Waals surface area contributed by atoms with E-state index in [9.17, 15) is 4.79 Å². The molecular formula is C20H22N4O. The summed E-state index contributed by atoms with van der Waals surface area (Å²) in [5.41, 5.74) is 4.29. The molecule has 0 saturated heterocycles. The monoisotopic (exact) mass is 334 g/mol. The minimum Gasteiger partial charge on any atom is -0.309 e. The smallest absolute Gasteiger partial charge is 0.259 e. The Hall–Kier alpha value is -2.69. The van der Waals surface area contributed by atoms with Crippen LogP contribution in [0.3, 0.4) is 0 Å². The van der Waals surface area contributed by atoms with E-state index in [0.717, 1.165) is 41.0 Å². The van der Waals surface area contributed by atoms with E-state index in [-0.39, 0.29) is 5.91 Å². The number of carbonyl (C=O) groups is 1. The van der Waals surface area contributed by atoms with Crippen molar-refractivity contribution >= 4 is 22.6 Å². The Morgan fingerprint density at radius 1 is 1.28 bits per heavy atom. The van der Waals surface area contributed by atoms with Crippen molar-refractivity contribution in [2.75, 3.05) is 11.4 Å². The molecule has 0 spiro atoms. The van der Waals surface area contributed by atoms with Crippen LogP contribution in [0, 0.1) is 6.92 Å². The van der Waals surface area contributed by atoms with Gasteiger partial charge >= 0.3 is 0 Å². The summed E-state index contributed by atoms with van der Waals surface area (Å²) in [7, 11) is 1.89. The van der Waals surface area contributed by atoms with Gasteiger partial charge in [-0.2, -0.15) is 5.10 Å². The number of hydrogen-bond acceptors (Lipinski definition) is 3. The molecule has 3 aromatic rings. The van der Waals surface area contributed by atoms with Gasteiger partial charge in [-0.05, 0) is 44.9 Å². The molecule has 1 aromatic carbocycles. The molecule has 25 heavy (non-hydrogen) atoms. The molecule has 1 saturated carbocycles. The van der Waals surface area contributed by atoms with E-state index in [1.165, 1.54) is 0 Å². The summed E-state index contributed by atoms with van der Waals surface area (Å²) in [5, 5.41) is 5.36. The van der Waals surface area contributed by atoms with Crippen molar-refractivity contribution in [3.8, 4) is 0 Å². The molecule has 1 aliphatic rings. The fraction of sp³-hybridized carbons (Fsp3) is 0.350. The lowest BCUT2D eigenvalue weighted by Gasteiger charge is -2.22. The van der Waals surface area contributed by atoms with E-state index in [1.807, 2.05) is 62.2 Å². The van der Waals surface area contributed by atoms with Crippen LogP contribution in [0.2, 0.25) is 0 Å². The number of amides is 1. The van der Waals surface area contributed by atoms with Gasteiger partial charge in [0.05, 0.1) is 16.6 Å². The molecule has 0 atom stereocenters.